The Hall–Kier alpha value is -1.16. The van der Waals surface area contributed by atoms with Gasteiger partial charge >= 0.3 is 0 Å². The molecule has 18 heavy (non-hydrogen) atoms. The third-order valence-corrected chi connectivity index (χ3v) is 4.67. The van der Waals surface area contributed by atoms with Crippen molar-refractivity contribution >= 4 is 17.6 Å². The average molecular weight is 264 g/mol. The molecule has 0 heterocycles. The van der Waals surface area contributed by atoms with E-state index in [9.17, 15) is 0 Å². The summed E-state index contributed by atoms with van der Waals surface area (Å²) in [5, 5.41) is 11.7. The quantitative estimate of drug-likeness (QED) is 0.371. The topological polar surface area (TPSA) is 58.6 Å². The monoisotopic (exact) mass is 264 g/mol. The van der Waals surface area contributed by atoms with E-state index in [0.29, 0.717) is 0 Å². The highest BCUT2D eigenvalue weighted by molar-refractivity contribution is 7.98. The summed E-state index contributed by atoms with van der Waals surface area (Å²) in [6, 6.07) is 7.91. The predicted molar refractivity (Wildman–Crippen MR) is 77.1 cm³/mol. The maximum atomic E-state index is 8.66. The van der Waals surface area contributed by atoms with Crippen LogP contribution in [0.1, 0.15) is 36.8 Å². The second kappa shape index (κ2) is 6.69. The minimum absolute atomic E-state index is 0.178. The highest BCUT2D eigenvalue weighted by Gasteiger charge is 2.14. The normalized spacial score (nSPS) is 17.2. The summed E-state index contributed by atoms with van der Waals surface area (Å²) in [7, 11) is 0. The van der Waals surface area contributed by atoms with Crippen LogP contribution in [0.3, 0.4) is 0 Å². The average Bonchev–Trinajstić information content (AvgIpc) is 2.91. The summed E-state index contributed by atoms with van der Waals surface area (Å²) in [5.41, 5.74) is 7.61. The maximum Gasteiger partial charge on any atom is 0.170 e. The third-order valence-electron chi connectivity index (χ3n) is 3.43. The van der Waals surface area contributed by atoms with Gasteiger partial charge in [-0.25, -0.2) is 0 Å². The van der Waals surface area contributed by atoms with E-state index >= 15 is 0 Å². The van der Waals surface area contributed by atoms with Crippen LogP contribution >= 0.6 is 11.8 Å². The van der Waals surface area contributed by atoms with Crippen LogP contribution in [-0.2, 0) is 5.75 Å². The molecule has 0 unspecified atom stereocenters. The molecule has 3 nitrogen and oxygen atoms in total. The lowest BCUT2D eigenvalue weighted by Crippen LogP contribution is -2.13. The first kappa shape index (κ1) is 13.3. The van der Waals surface area contributed by atoms with Gasteiger partial charge in [-0.15, -0.1) is 0 Å². The van der Waals surface area contributed by atoms with Crippen molar-refractivity contribution in [3.05, 3.63) is 35.4 Å². The fourth-order valence-corrected chi connectivity index (χ4v) is 3.60. The van der Waals surface area contributed by atoms with Crippen LogP contribution in [0, 0.1) is 5.92 Å². The van der Waals surface area contributed by atoms with E-state index in [1.807, 2.05) is 30.0 Å². The molecule has 4 heteroatoms. The zero-order chi connectivity index (χ0) is 12.8. The van der Waals surface area contributed by atoms with Crippen LogP contribution in [-0.4, -0.2) is 16.8 Å². The van der Waals surface area contributed by atoms with Crippen LogP contribution < -0.4 is 5.73 Å². The van der Waals surface area contributed by atoms with Crippen molar-refractivity contribution in [2.45, 2.75) is 31.4 Å². The number of oxime groups is 1. The first-order chi connectivity index (χ1) is 8.79. The third kappa shape index (κ3) is 3.67. The molecule has 0 atom stereocenters. The van der Waals surface area contributed by atoms with Gasteiger partial charge in [0.2, 0.25) is 0 Å². The Kier molecular flexibility index (Phi) is 4.93. The number of amidine groups is 1. The van der Waals surface area contributed by atoms with Gasteiger partial charge in [-0.3, -0.25) is 0 Å². The van der Waals surface area contributed by atoms with Crippen LogP contribution in [0.25, 0.3) is 0 Å². The van der Waals surface area contributed by atoms with E-state index in [-0.39, 0.29) is 5.84 Å². The molecule has 1 aromatic rings. The lowest BCUT2D eigenvalue weighted by molar-refractivity contribution is 0.318. The van der Waals surface area contributed by atoms with Gasteiger partial charge in [0.15, 0.2) is 5.84 Å². The summed E-state index contributed by atoms with van der Waals surface area (Å²) in [5.74, 6) is 3.36. The van der Waals surface area contributed by atoms with Gasteiger partial charge in [0.25, 0.3) is 0 Å². The Morgan fingerprint density at radius 2 is 2.17 bits per heavy atom. The Morgan fingerprint density at radius 1 is 1.39 bits per heavy atom. The van der Waals surface area contributed by atoms with Gasteiger partial charge in [-0.2, -0.15) is 11.8 Å². The molecule has 2 rings (SSSR count). The molecule has 98 valence electrons. The molecular weight excluding hydrogens is 244 g/mol. The molecule has 0 spiro atoms. The second-order valence-corrected chi connectivity index (χ2v) is 5.88. The molecule has 0 amide bonds. The molecule has 0 bridgehead atoms. The molecule has 0 aliphatic heterocycles. The molecule has 0 saturated heterocycles. The Balaban J connectivity index is 1.85. The molecule has 1 fully saturated rings. The van der Waals surface area contributed by atoms with E-state index < -0.39 is 0 Å². The molecule has 1 aromatic carbocycles. The van der Waals surface area contributed by atoms with E-state index in [2.05, 4.69) is 11.2 Å². The van der Waals surface area contributed by atoms with E-state index in [1.165, 1.54) is 37.0 Å². The van der Waals surface area contributed by atoms with Crippen molar-refractivity contribution in [2.24, 2.45) is 16.8 Å². The van der Waals surface area contributed by atoms with Crippen molar-refractivity contribution in [3.8, 4) is 0 Å². The van der Waals surface area contributed by atoms with Crippen molar-refractivity contribution in [2.75, 3.05) is 5.75 Å². The Labute approximate surface area is 112 Å². The molecule has 1 aliphatic carbocycles. The fourth-order valence-electron chi connectivity index (χ4n) is 2.40. The van der Waals surface area contributed by atoms with E-state index in [1.54, 1.807) is 0 Å². The number of hydrogen-bond donors (Lipinski definition) is 2. The maximum absolute atomic E-state index is 8.66. The SMILES string of the molecule is NC(=NO)c1cccc(CSCC2CCCC2)c1. The number of nitrogens with two attached hydrogens (primary N) is 1. The number of benzene rings is 1. The van der Waals surface area contributed by atoms with Crippen molar-refractivity contribution in [3.63, 3.8) is 0 Å². The summed E-state index contributed by atoms with van der Waals surface area (Å²) in [6.07, 6.45) is 5.61. The number of nitrogens with zero attached hydrogens (tertiary/aromatic N) is 1. The van der Waals surface area contributed by atoms with Gasteiger partial charge in [-0.05, 0) is 36.1 Å². The minimum atomic E-state index is 0.178. The van der Waals surface area contributed by atoms with Crippen molar-refractivity contribution in [1.82, 2.24) is 0 Å². The Bertz CT molecular complexity index is 414. The second-order valence-electron chi connectivity index (χ2n) is 4.85. The van der Waals surface area contributed by atoms with E-state index in [4.69, 9.17) is 10.9 Å². The summed E-state index contributed by atoms with van der Waals surface area (Å²) >= 11 is 1.99. The molecular formula is C14H20N2OS. The highest BCUT2D eigenvalue weighted by Crippen LogP contribution is 2.29. The highest BCUT2D eigenvalue weighted by atomic mass is 32.2. The summed E-state index contributed by atoms with van der Waals surface area (Å²) < 4.78 is 0. The lowest BCUT2D eigenvalue weighted by Gasteiger charge is -2.08. The standard InChI is InChI=1S/C14H20N2OS/c15-14(16-17)13-7-3-6-12(8-13)10-18-9-11-4-1-2-5-11/h3,6-8,11,17H,1-2,4-5,9-10H2,(H2,15,16). The fraction of sp³-hybridized carbons (Fsp3) is 0.500. The van der Waals surface area contributed by atoms with Crippen LogP contribution in [0.5, 0.6) is 0 Å². The summed E-state index contributed by atoms with van der Waals surface area (Å²) in [6.45, 7) is 0. The van der Waals surface area contributed by atoms with Crippen molar-refractivity contribution < 1.29 is 5.21 Å². The van der Waals surface area contributed by atoms with Gasteiger partial charge < -0.3 is 10.9 Å². The summed E-state index contributed by atoms with van der Waals surface area (Å²) in [4.78, 5) is 0. The van der Waals surface area contributed by atoms with Gasteiger partial charge in [0.1, 0.15) is 0 Å². The van der Waals surface area contributed by atoms with Gasteiger partial charge in [-0.1, -0.05) is 36.2 Å². The van der Waals surface area contributed by atoms with Crippen LogP contribution in [0.2, 0.25) is 0 Å². The first-order valence-corrected chi connectivity index (χ1v) is 7.59. The van der Waals surface area contributed by atoms with Gasteiger partial charge in [0, 0.05) is 11.3 Å². The number of thioether (sulfide) groups is 1. The minimum Gasteiger partial charge on any atom is -0.409 e. The molecule has 1 aliphatic rings. The molecule has 3 N–H and O–H groups in total. The zero-order valence-corrected chi connectivity index (χ0v) is 11.3. The van der Waals surface area contributed by atoms with Gasteiger partial charge in [0.05, 0.1) is 0 Å². The van der Waals surface area contributed by atoms with Crippen LogP contribution in [0.4, 0.5) is 0 Å². The molecule has 0 radical (unpaired) electrons. The van der Waals surface area contributed by atoms with Crippen LogP contribution in [0.15, 0.2) is 29.4 Å². The number of rotatable bonds is 5. The van der Waals surface area contributed by atoms with Crippen molar-refractivity contribution in [1.29, 1.82) is 0 Å². The Morgan fingerprint density at radius 3 is 2.89 bits per heavy atom. The zero-order valence-electron chi connectivity index (χ0n) is 10.5. The molecule has 0 aromatic heterocycles. The first-order valence-electron chi connectivity index (χ1n) is 6.44. The predicted octanol–water partition coefficient (Wildman–Crippen LogP) is 3.20. The molecule has 1 saturated carbocycles. The number of hydrogen-bond acceptors (Lipinski definition) is 3. The smallest absolute Gasteiger partial charge is 0.170 e. The lowest BCUT2D eigenvalue weighted by atomic mass is 10.1. The van der Waals surface area contributed by atoms with E-state index in [0.717, 1.165) is 17.2 Å². The largest absolute Gasteiger partial charge is 0.409 e.